The molecule has 2 aromatic rings. The van der Waals surface area contributed by atoms with Crippen LogP contribution in [0, 0.1) is 0 Å². The first kappa shape index (κ1) is 12.2. The zero-order valence-corrected chi connectivity index (χ0v) is 11.2. The number of aromatic nitrogens is 2. The molecule has 0 radical (unpaired) electrons. The van der Waals surface area contributed by atoms with Crippen LogP contribution in [0.1, 0.15) is 12.0 Å². The molecule has 0 saturated carbocycles. The standard InChI is InChI=1S/C11H9BrN2O2S/c12-8-3-9(17-5-8)11-7(1-2-10(15)16)4-13-6-14-11/h3-6H,1-2H2,(H,15,16). The van der Waals surface area contributed by atoms with E-state index in [1.165, 1.54) is 6.33 Å². The fraction of sp³-hybridized carbons (Fsp3) is 0.182. The number of carbonyl (C=O) groups is 1. The number of halogens is 1. The van der Waals surface area contributed by atoms with E-state index < -0.39 is 5.97 Å². The van der Waals surface area contributed by atoms with Gasteiger partial charge in [-0.3, -0.25) is 4.79 Å². The van der Waals surface area contributed by atoms with Crippen molar-refractivity contribution in [2.45, 2.75) is 12.8 Å². The SMILES string of the molecule is O=C(O)CCc1cncnc1-c1cc(Br)cs1. The molecule has 0 fully saturated rings. The summed E-state index contributed by atoms with van der Waals surface area (Å²) in [5, 5.41) is 10.7. The third kappa shape index (κ3) is 3.10. The van der Waals surface area contributed by atoms with Gasteiger partial charge in [-0.15, -0.1) is 11.3 Å². The maximum atomic E-state index is 10.6. The zero-order chi connectivity index (χ0) is 12.3. The summed E-state index contributed by atoms with van der Waals surface area (Å²) in [5.41, 5.74) is 1.68. The van der Waals surface area contributed by atoms with E-state index in [0.717, 1.165) is 20.6 Å². The van der Waals surface area contributed by atoms with Crippen molar-refractivity contribution in [1.82, 2.24) is 9.97 Å². The molecule has 88 valence electrons. The van der Waals surface area contributed by atoms with Gasteiger partial charge < -0.3 is 5.11 Å². The van der Waals surface area contributed by atoms with Crippen molar-refractivity contribution < 1.29 is 9.90 Å². The Morgan fingerprint density at radius 2 is 2.35 bits per heavy atom. The summed E-state index contributed by atoms with van der Waals surface area (Å²) >= 11 is 4.96. The van der Waals surface area contributed by atoms with E-state index in [-0.39, 0.29) is 6.42 Å². The van der Waals surface area contributed by atoms with Crippen molar-refractivity contribution in [3.05, 3.63) is 34.0 Å². The minimum absolute atomic E-state index is 0.0902. The van der Waals surface area contributed by atoms with E-state index in [0.29, 0.717) is 6.42 Å². The molecule has 0 amide bonds. The van der Waals surface area contributed by atoms with Crippen LogP contribution >= 0.6 is 27.3 Å². The van der Waals surface area contributed by atoms with Crippen LogP contribution in [0.5, 0.6) is 0 Å². The lowest BCUT2D eigenvalue weighted by Crippen LogP contribution is -2.00. The highest BCUT2D eigenvalue weighted by molar-refractivity contribution is 9.10. The molecule has 0 spiro atoms. The van der Waals surface area contributed by atoms with Gasteiger partial charge in [0.2, 0.25) is 0 Å². The number of aryl methyl sites for hydroxylation is 1. The average Bonchev–Trinajstić information content (AvgIpc) is 2.73. The highest BCUT2D eigenvalue weighted by Gasteiger charge is 2.10. The van der Waals surface area contributed by atoms with Gasteiger partial charge in [0, 0.05) is 22.5 Å². The second kappa shape index (κ2) is 5.37. The third-order valence-electron chi connectivity index (χ3n) is 2.20. The molecule has 0 aliphatic carbocycles. The van der Waals surface area contributed by atoms with Crippen LogP contribution in [0.25, 0.3) is 10.6 Å². The Kier molecular flexibility index (Phi) is 3.86. The van der Waals surface area contributed by atoms with Crippen LogP contribution in [0.2, 0.25) is 0 Å². The first-order valence-corrected chi connectivity index (χ1v) is 6.59. The van der Waals surface area contributed by atoms with E-state index in [9.17, 15) is 4.79 Å². The average molecular weight is 313 g/mol. The van der Waals surface area contributed by atoms with Crippen LogP contribution in [0.4, 0.5) is 0 Å². The molecule has 0 atom stereocenters. The number of hydrogen-bond acceptors (Lipinski definition) is 4. The van der Waals surface area contributed by atoms with Crippen LogP contribution in [0.3, 0.4) is 0 Å². The molecule has 0 aromatic carbocycles. The molecule has 2 aromatic heterocycles. The number of aliphatic carboxylic acids is 1. The lowest BCUT2D eigenvalue weighted by Gasteiger charge is -2.04. The topological polar surface area (TPSA) is 63.1 Å². The number of hydrogen-bond donors (Lipinski definition) is 1. The Hall–Kier alpha value is -1.27. The summed E-state index contributed by atoms with van der Waals surface area (Å²) in [4.78, 5) is 19.8. The Bertz CT molecular complexity index is 542. The highest BCUT2D eigenvalue weighted by Crippen LogP contribution is 2.30. The number of nitrogens with zero attached hydrogens (tertiary/aromatic N) is 2. The summed E-state index contributed by atoms with van der Waals surface area (Å²) in [6, 6.07) is 1.97. The molecule has 0 bridgehead atoms. The van der Waals surface area contributed by atoms with Crippen LogP contribution in [0.15, 0.2) is 28.4 Å². The molecule has 0 aliphatic rings. The molecule has 2 heterocycles. The lowest BCUT2D eigenvalue weighted by atomic mass is 10.1. The zero-order valence-electron chi connectivity index (χ0n) is 8.76. The summed E-state index contributed by atoms with van der Waals surface area (Å²) in [7, 11) is 0. The monoisotopic (exact) mass is 312 g/mol. The van der Waals surface area contributed by atoms with Crippen molar-refractivity contribution in [2.24, 2.45) is 0 Å². The summed E-state index contributed by atoms with van der Waals surface area (Å²) in [6.07, 6.45) is 3.69. The normalized spacial score (nSPS) is 10.4. The summed E-state index contributed by atoms with van der Waals surface area (Å²) < 4.78 is 1.00. The van der Waals surface area contributed by atoms with Crippen LogP contribution in [-0.4, -0.2) is 21.0 Å². The van der Waals surface area contributed by atoms with Crippen molar-refractivity contribution in [3.8, 4) is 10.6 Å². The molecule has 17 heavy (non-hydrogen) atoms. The molecule has 4 nitrogen and oxygen atoms in total. The second-order valence-electron chi connectivity index (χ2n) is 3.42. The van der Waals surface area contributed by atoms with Crippen molar-refractivity contribution >= 4 is 33.2 Å². The van der Waals surface area contributed by atoms with Gasteiger partial charge in [0.05, 0.1) is 10.6 Å². The third-order valence-corrected chi connectivity index (χ3v) is 3.89. The number of carboxylic acid groups (broad SMARTS) is 1. The molecular formula is C11H9BrN2O2S. The molecular weight excluding hydrogens is 304 g/mol. The van der Waals surface area contributed by atoms with E-state index in [2.05, 4.69) is 25.9 Å². The molecule has 0 unspecified atom stereocenters. The Balaban J connectivity index is 2.30. The largest absolute Gasteiger partial charge is 0.481 e. The van der Waals surface area contributed by atoms with Gasteiger partial charge in [0.15, 0.2) is 0 Å². The molecule has 2 rings (SSSR count). The van der Waals surface area contributed by atoms with Crippen LogP contribution in [-0.2, 0) is 11.2 Å². The Labute approximate surface area is 110 Å². The van der Waals surface area contributed by atoms with Crippen molar-refractivity contribution in [2.75, 3.05) is 0 Å². The number of carboxylic acids is 1. The maximum Gasteiger partial charge on any atom is 0.303 e. The van der Waals surface area contributed by atoms with E-state index in [1.54, 1.807) is 17.5 Å². The Morgan fingerprint density at radius 1 is 1.53 bits per heavy atom. The lowest BCUT2D eigenvalue weighted by molar-refractivity contribution is -0.136. The van der Waals surface area contributed by atoms with E-state index >= 15 is 0 Å². The Morgan fingerprint density at radius 3 is 3.00 bits per heavy atom. The van der Waals surface area contributed by atoms with Gasteiger partial charge in [-0.2, -0.15) is 0 Å². The van der Waals surface area contributed by atoms with Gasteiger partial charge >= 0.3 is 5.97 Å². The predicted octanol–water partition coefficient (Wildman–Crippen LogP) is 2.98. The van der Waals surface area contributed by atoms with Gasteiger partial charge in [-0.25, -0.2) is 9.97 Å². The van der Waals surface area contributed by atoms with E-state index in [4.69, 9.17) is 5.11 Å². The van der Waals surface area contributed by atoms with Gasteiger partial charge in [0.25, 0.3) is 0 Å². The summed E-state index contributed by atoms with van der Waals surface area (Å²) in [6.45, 7) is 0. The molecule has 0 aliphatic heterocycles. The quantitative estimate of drug-likeness (QED) is 0.942. The highest BCUT2D eigenvalue weighted by atomic mass is 79.9. The molecule has 0 saturated heterocycles. The first-order chi connectivity index (χ1) is 8.16. The first-order valence-electron chi connectivity index (χ1n) is 4.92. The number of thiophene rings is 1. The van der Waals surface area contributed by atoms with Gasteiger partial charge in [-0.1, -0.05) is 0 Å². The fourth-order valence-electron chi connectivity index (χ4n) is 1.44. The van der Waals surface area contributed by atoms with Crippen LogP contribution < -0.4 is 0 Å². The van der Waals surface area contributed by atoms with Gasteiger partial charge in [-0.05, 0) is 34.0 Å². The smallest absolute Gasteiger partial charge is 0.303 e. The number of rotatable bonds is 4. The molecule has 1 N–H and O–H groups in total. The fourth-order valence-corrected chi connectivity index (χ4v) is 2.90. The predicted molar refractivity (Wildman–Crippen MR) is 69.0 cm³/mol. The second-order valence-corrected chi connectivity index (χ2v) is 5.25. The van der Waals surface area contributed by atoms with E-state index in [1.807, 2.05) is 11.4 Å². The van der Waals surface area contributed by atoms with Crippen molar-refractivity contribution in [3.63, 3.8) is 0 Å². The van der Waals surface area contributed by atoms with Gasteiger partial charge in [0.1, 0.15) is 6.33 Å². The van der Waals surface area contributed by atoms with Crippen molar-refractivity contribution in [1.29, 1.82) is 0 Å². The minimum Gasteiger partial charge on any atom is -0.481 e. The summed E-state index contributed by atoms with van der Waals surface area (Å²) in [5.74, 6) is -0.813. The maximum absolute atomic E-state index is 10.6. The molecule has 6 heteroatoms. The minimum atomic E-state index is -0.813.